The molecule has 2 rings (SSSR count). The molecular formula is C19H26N2O4. The number of hydrogen-bond donors (Lipinski definition) is 3. The van der Waals surface area contributed by atoms with Gasteiger partial charge in [0.1, 0.15) is 0 Å². The van der Waals surface area contributed by atoms with Gasteiger partial charge in [0.25, 0.3) is 5.91 Å². The average Bonchev–Trinajstić information content (AvgIpc) is 2.54. The molecule has 0 radical (unpaired) electrons. The maximum Gasteiger partial charge on any atom is 0.306 e. The van der Waals surface area contributed by atoms with Crippen molar-refractivity contribution in [2.24, 2.45) is 11.3 Å². The summed E-state index contributed by atoms with van der Waals surface area (Å²) in [6.45, 7) is 5.43. The van der Waals surface area contributed by atoms with Crippen LogP contribution in [0.4, 0.5) is 5.69 Å². The van der Waals surface area contributed by atoms with Gasteiger partial charge in [-0.1, -0.05) is 32.9 Å². The third-order valence-electron chi connectivity index (χ3n) is 4.51. The van der Waals surface area contributed by atoms with Crippen molar-refractivity contribution < 1.29 is 19.5 Å². The van der Waals surface area contributed by atoms with Gasteiger partial charge in [-0.2, -0.15) is 0 Å². The standard InChI is InChI=1S/C19H26N2O4/c1-19(2,3)18(25)21-15-7-5-4-6-14(15)16(22)20-13-10-8-12(9-11-13)17(23)24/h4-7,12-13H,8-11H2,1-3H3,(H,20,22)(H,21,25)(H,23,24). The number of anilines is 1. The number of carboxylic acid groups (broad SMARTS) is 1. The van der Waals surface area contributed by atoms with Crippen LogP contribution >= 0.6 is 0 Å². The zero-order chi connectivity index (χ0) is 18.6. The SMILES string of the molecule is CC(C)(C)C(=O)Nc1ccccc1C(=O)NC1CCC(C(=O)O)CC1. The molecule has 6 nitrogen and oxygen atoms in total. The van der Waals surface area contributed by atoms with Gasteiger partial charge in [-0.25, -0.2) is 0 Å². The van der Waals surface area contributed by atoms with Gasteiger partial charge >= 0.3 is 5.97 Å². The van der Waals surface area contributed by atoms with Crippen LogP contribution in [0.2, 0.25) is 0 Å². The first-order valence-electron chi connectivity index (χ1n) is 8.62. The van der Waals surface area contributed by atoms with E-state index < -0.39 is 11.4 Å². The molecule has 1 aliphatic carbocycles. The van der Waals surface area contributed by atoms with E-state index in [4.69, 9.17) is 5.11 Å². The highest BCUT2D eigenvalue weighted by Gasteiger charge is 2.28. The van der Waals surface area contributed by atoms with E-state index in [-0.39, 0.29) is 23.8 Å². The molecule has 1 aliphatic rings. The summed E-state index contributed by atoms with van der Waals surface area (Å²) < 4.78 is 0. The van der Waals surface area contributed by atoms with E-state index in [0.717, 1.165) is 0 Å². The Kier molecular flexibility index (Phi) is 5.82. The summed E-state index contributed by atoms with van der Waals surface area (Å²) in [6.07, 6.45) is 2.45. The summed E-state index contributed by atoms with van der Waals surface area (Å²) in [4.78, 5) is 35.8. The van der Waals surface area contributed by atoms with Crippen molar-refractivity contribution >= 4 is 23.5 Å². The number of aliphatic carboxylic acids is 1. The van der Waals surface area contributed by atoms with Crippen LogP contribution in [0.25, 0.3) is 0 Å². The van der Waals surface area contributed by atoms with E-state index in [2.05, 4.69) is 10.6 Å². The molecule has 1 saturated carbocycles. The van der Waals surface area contributed by atoms with Gasteiger partial charge in [-0.3, -0.25) is 14.4 Å². The summed E-state index contributed by atoms with van der Waals surface area (Å²) in [6, 6.07) is 6.88. The van der Waals surface area contributed by atoms with Crippen molar-refractivity contribution in [3.8, 4) is 0 Å². The molecular weight excluding hydrogens is 320 g/mol. The molecule has 25 heavy (non-hydrogen) atoms. The fraction of sp³-hybridized carbons (Fsp3) is 0.526. The normalized spacial score (nSPS) is 20.6. The summed E-state index contributed by atoms with van der Waals surface area (Å²) in [7, 11) is 0. The molecule has 0 saturated heterocycles. The van der Waals surface area contributed by atoms with Gasteiger partial charge in [0.2, 0.25) is 5.91 Å². The second kappa shape index (κ2) is 7.68. The topological polar surface area (TPSA) is 95.5 Å². The molecule has 0 aliphatic heterocycles. The monoisotopic (exact) mass is 346 g/mol. The molecule has 0 aromatic heterocycles. The minimum absolute atomic E-state index is 0.0329. The van der Waals surface area contributed by atoms with Crippen molar-refractivity contribution in [2.45, 2.75) is 52.5 Å². The summed E-state index contributed by atoms with van der Waals surface area (Å²) in [5.74, 6) is -1.48. The third-order valence-corrected chi connectivity index (χ3v) is 4.51. The molecule has 0 heterocycles. The number of carboxylic acids is 1. The highest BCUT2D eigenvalue weighted by Crippen LogP contribution is 2.25. The van der Waals surface area contributed by atoms with Crippen LogP contribution in [0.15, 0.2) is 24.3 Å². The van der Waals surface area contributed by atoms with Crippen LogP contribution in [0.3, 0.4) is 0 Å². The van der Waals surface area contributed by atoms with Crippen molar-refractivity contribution in [2.75, 3.05) is 5.32 Å². The molecule has 0 unspecified atom stereocenters. The van der Waals surface area contributed by atoms with Gasteiger partial charge < -0.3 is 15.7 Å². The Morgan fingerprint density at radius 3 is 2.20 bits per heavy atom. The van der Waals surface area contributed by atoms with E-state index in [0.29, 0.717) is 36.9 Å². The molecule has 0 bridgehead atoms. The lowest BCUT2D eigenvalue weighted by atomic mass is 9.86. The second-order valence-electron chi connectivity index (χ2n) is 7.61. The number of para-hydroxylation sites is 1. The number of benzene rings is 1. The largest absolute Gasteiger partial charge is 0.481 e. The number of nitrogens with one attached hydrogen (secondary N) is 2. The lowest BCUT2D eigenvalue weighted by molar-refractivity contribution is -0.142. The molecule has 1 aromatic carbocycles. The van der Waals surface area contributed by atoms with Gasteiger partial charge in [0.15, 0.2) is 0 Å². The molecule has 0 atom stereocenters. The van der Waals surface area contributed by atoms with Crippen LogP contribution in [0.5, 0.6) is 0 Å². The molecule has 3 N–H and O–H groups in total. The number of carbonyl (C=O) groups is 3. The number of rotatable bonds is 4. The molecule has 1 aromatic rings. The predicted molar refractivity (Wildman–Crippen MR) is 95.4 cm³/mol. The lowest BCUT2D eigenvalue weighted by Gasteiger charge is -2.27. The smallest absolute Gasteiger partial charge is 0.306 e. The van der Waals surface area contributed by atoms with Crippen molar-refractivity contribution in [1.82, 2.24) is 5.32 Å². The quantitative estimate of drug-likeness (QED) is 0.781. The minimum Gasteiger partial charge on any atom is -0.481 e. The first-order chi connectivity index (χ1) is 11.7. The molecule has 136 valence electrons. The van der Waals surface area contributed by atoms with Crippen LogP contribution in [0.1, 0.15) is 56.8 Å². The van der Waals surface area contributed by atoms with Crippen molar-refractivity contribution in [3.05, 3.63) is 29.8 Å². The first-order valence-corrected chi connectivity index (χ1v) is 8.62. The zero-order valence-electron chi connectivity index (χ0n) is 15.0. The van der Waals surface area contributed by atoms with Gasteiger partial charge in [-0.15, -0.1) is 0 Å². The average molecular weight is 346 g/mol. The van der Waals surface area contributed by atoms with Crippen molar-refractivity contribution in [3.63, 3.8) is 0 Å². The van der Waals surface area contributed by atoms with Crippen LogP contribution in [0, 0.1) is 11.3 Å². The van der Waals surface area contributed by atoms with Crippen LogP contribution < -0.4 is 10.6 Å². The Balaban J connectivity index is 2.03. The third kappa shape index (κ3) is 5.05. The van der Waals surface area contributed by atoms with Gasteiger partial charge in [0.05, 0.1) is 17.2 Å². The van der Waals surface area contributed by atoms with E-state index in [1.54, 1.807) is 24.3 Å². The van der Waals surface area contributed by atoms with Crippen molar-refractivity contribution in [1.29, 1.82) is 0 Å². The van der Waals surface area contributed by atoms with Gasteiger partial charge in [-0.05, 0) is 37.8 Å². The zero-order valence-corrected chi connectivity index (χ0v) is 15.0. The predicted octanol–water partition coefficient (Wildman–Crippen LogP) is 3.04. The summed E-state index contributed by atoms with van der Waals surface area (Å²) >= 11 is 0. The summed E-state index contributed by atoms with van der Waals surface area (Å²) in [5.41, 5.74) is 0.346. The fourth-order valence-corrected chi connectivity index (χ4v) is 2.85. The lowest BCUT2D eigenvalue weighted by Crippen LogP contribution is -2.39. The fourth-order valence-electron chi connectivity index (χ4n) is 2.85. The highest BCUT2D eigenvalue weighted by molar-refractivity contribution is 6.04. The Labute approximate surface area is 148 Å². The molecule has 6 heteroatoms. The summed E-state index contributed by atoms with van der Waals surface area (Å²) in [5, 5.41) is 14.8. The molecule has 2 amide bonds. The second-order valence-corrected chi connectivity index (χ2v) is 7.61. The Morgan fingerprint density at radius 1 is 1.04 bits per heavy atom. The first kappa shape index (κ1) is 19.0. The maximum atomic E-state index is 12.6. The maximum absolute atomic E-state index is 12.6. The number of carbonyl (C=O) groups excluding carboxylic acids is 2. The Bertz CT molecular complexity index is 656. The minimum atomic E-state index is -0.764. The van der Waals surface area contributed by atoms with Gasteiger partial charge in [0, 0.05) is 11.5 Å². The Morgan fingerprint density at radius 2 is 1.64 bits per heavy atom. The van der Waals surface area contributed by atoms with Crippen LogP contribution in [-0.4, -0.2) is 28.9 Å². The van der Waals surface area contributed by atoms with E-state index >= 15 is 0 Å². The van der Waals surface area contributed by atoms with E-state index in [1.165, 1.54) is 0 Å². The highest BCUT2D eigenvalue weighted by atomic mass is 16.4. The number of amides is 2. The van der Waals surface area contributed by atoms with E-state index in [9.17, 15) is 14.4 Å². The van der Waals surface area contributed by atoms with Crippen LogP contribution in [-0.2, 0) is 9.59 Å². The molecule has 1 fully saturated rings. The Hall–Kier alpha value is -2.37. The van der Waals surface area contributed by atoms with E-state index in [1.807, 2.05) is 20.8 Å². The molecule has 0 spiro atoms. The number of hydrogen-bond acceptors (Lipinski definition) is 3.